The van der Waals surface area contributed by atoms with Crippen molar-refractivity contribution in [3.63, 3.8) is 0 Å². The van der Waals surface area contributed by atoms with Crippen molar-refractivity contribution in [2.45, 2.75) is 38.6 Å². The summed E-state index contributed by atoms with van der Waals surface area (Å²) in [5, 5.41) is 4.07. The molecule has 2 fully saturated rings. The van der Waals surface area contributed by atoms with Crippen LogP contribution in [0.25, 0.3) is 0 Å². The summed E-state index contributed by atoms with van der Waals surface area (Å²) in [6, 6.07) is 7.70. The van der Waals surface area contributed by atoms with Crippen LogP contribution in [0.1, 0.15) is 44.2 Å². The molecule has 7 heteroatoms. The van der Waals surface area contributed by atoms with E-state index >= 15 is 0 Å². The molecule has 2 heterocycles. The fourth-order valence-corrected chi connectivity index (χ4v) is 4.26. The molecule has 0 aromatic heterocycles. The van der Waals surface area contributed by atoms with Gasteiger partial charge >= 0.3 is 0 Å². The number of piperazine rings is 1. The molecule has 1 aromatic carbocycles. The van der Waals surface area contributed by atoms with E-state index in [1.807, 2.05) is 41.0 Å². The number of halogens is 2. The molecular formula is C20H29Cl2N3O2. The SMILES string of the molecule is CCCC(=O)N1CCCC(C(=O)N2CCNCC2c2ccccc2Cl)C1.Cl. The van der Waals surface area contributed by atoms with Crippen LogP contribution in [0.2, 0.25) is 5.02 Å². The van der Waals surface area contributed by atoms with E-state index in [2.05, 4.69) is 5.32 Å². The molecule has 2 aliphatic heterocycles. The van der Waals surface area contributed by atoms with Crippen molar-refractivity contribution in [3.8, 4) is 0 Å². The summed E-state index contributed by atoms with van der Waals surface area (Å²) in [5.74, 6) is 0.228. The molecule has 150 valence electrons. The average Bonchev–Trinajstić information content (AvgIpc) is 2.68. The van der Waals surface area contributed by atoms with E-state index in [0.29, 0.717) is 31.1 Å². The lowest BCUT2D eigenvalue weighted by Gasteiger charge is -2.41. The average molecular weight is 414 g/mol. The predicted octanol–water partition coefficient (Wildman–Crippen LogP) is 3.27. The summed E-state index contributed by atoms with van der Waals surface area (Å²) in [6.07, 6.45) is 3.17. The first-order valence-electron chi connectivity index (χ1n) is 9.65. The lowest BCUT2D eigenvalue weighted by atomic mass is 9.93. The van der Waals surface area contributed by atoms with Crippen molar-refractivity contribution < 1.29 is 9.59 Å². The van der Waals surface area contributed by atoms with Crippen molar-refractivity contribution in [1.82, 2.24) is 15.1 Å². The zero-order chi connectivity index (χ0) is 18.5. The Bertz CT molecular complexity index is 656. The highest BCUT2D eigenvalue weighted by atomic mass is 35.5. The normalized spacial score (nSPS) is 22.9. The van der Waals surface area contributed by atoms with E-state index in [-0.39, 0.29) is 36.2 Å². The molecule has 2 amide bonds. The molecule has 0 saturated carbocycles. The highest BCUT2D eigenvalue weighted by Gasteiger charge is 2.35. The molecule has 2 atom stereocenters. The Morgan fingerprint density at radius 1 is 1.26 bits per heavy atom. The molecular weight excluding hydrogens is 385 g/mol. The quantitative estimate of drug-likeness (QED) is 0.823. The number of rotatable bonds is 4. The minimum atomic E-state index is -0.104. The van der Waals surface area contributed by atoms with Gasteiger partial charge in [-0.25, -0.2) is 0 Å². The van der Waals surface area contributed by atoms with Gasteiger partial charge in [-0.05, 0) is 30.9 Å². The van der Waals surface area contributed by atoms with Crippen LogP contribution in [0, 0.1) is 5.92 Å². The first-order valence-corrected chi connectivity index (χ1v) is 10.0. The van der Waals surface area contributed by atoms with Gasteiger partial charge in [0.2, 0.25) is 11.8 Å². The van der Waals surface area contributed by atoms with Gasteiger partial charge < -0.3 is 15.1 Å². The van der Waals surface area contributed by atoms with Crippen molar-refractivity contribution in [3.05, 3.63) is 34.9 Å². The number of nitrogens with zero attached hydrogens (tertiary/aromatic N) is 2. The second-order valence-electron chi connectivity index (χ2n) is 7.20. The number of hydrogen-bond donors (Lipinski definition) is 1. The van der Waals surface area contributed by atoms with Crippen molar-refractivity contribution >= 4 is 35.8 Å². The van der Waals surface area contributed by atoms with Crippen LogP contribution >= 0.6 is 24.0 Å². The van der Waals surface area contributed by atoms with Gasteiger partial charge in [0, 0.05) is 44.2 Å². The number of likely N-dealkylation sites (tertiary alicyclic amines) is 1. The molecule has 2 saturated heterocycles. The van der Waals surface area contributed by atoms with E-state index < -0.39 is 0 Å². The van der Waals surface area contributed by atoms with Crippen LogP contribution in [0.3, 0.4) is 0 Å². The molecule has 2 aliphatic rings. The largest absolute Gasteiger partial charge is 0.342 e. The fourth-order valence-electron chi connectivity index (χ4n) is 4.00. The van der Waals surface area contributed by atoms with Crippen LogP contribution in [-0.2, 0) is 9.59 Å². The Balaban J connectivity index is 0.00000261. The first-order chi connectivity index (χ1) is 12.6. The molecule has 0 radical (unpaired) electrons. The van der Waals surface area contributed by atoms with Gasteiger partial charge in [0.25, 0.3) is 0 Å². The zero-order valence-electron chi connectivity index (χ0n) is 15.8. The monoisotopic (exact) mass is 413 g/mol. The van der Waals surface area contributed by atoms with E-state index in [1.165, 1.54) is 0 Å². The third-order valence-electron chi connectivity index (χ3n) is 5.38. The third kappa shape index (κ3) is 5.15. The van der Waals surface area contributed by atoms with Crippen LogP contribution in [0.15, 0.2) is 24.3 Å². The second kappa shape index (κ2) is 10.3. The van der Waals surface area contributed by atoms with Gasteiger partial charge in [0.15, 0.2) is 0 Å². The topological polar surface area (TPSA) is 52.7 Å². The van der Waals surface area contributed by atoms with Gasteiger partial charge in [-0.3, -0.25) is 9.59 Å². The Labute approximate surface area is 172 Å². The van der Waals surface area contributed by atoms with Gasteiger partial charge in [-0.1, -0.05) is 36.7 Å². The number of piperidine rings is 1. The smallest absolute Gasteiger partial charge is 0.228 e. The Morgan fingerprint density at radius 2 is 2.04 bits per heavy atom. The maximum Gasteiger partial charge on any atom is 0.228 e. The fraction of sp³-hybridized carbons (Fsp3) is 0.600. The Morgan fingerprint density at radius 3 is 2.78 bits per heavy atom. The molecule has 3 rings (SSSR count). The Hall–Kier alpha value is -1.30. The van der Waals surface area contributed by atoms with Crippen LogP contribution in [0.5, 0.6) is 0 Å². The summed E-state index contributed by atoms with van der Waals surface area (Å²) >= 11 is 6.39. The summed E-state index contributed by atoms with van der Waals surface area (Å²) in [5.41, 5.74) is 0.990. The number of nitrogens with one attached hydrogen (secondary N) is 1. The van der Waals surface area contributed by atoms with Crippen LogP contribution in [-0.4, -0.2) is 54.3 Å². The van der Waals surface area contributed by atoms with Crippen molar-refractivity contribution in [2.75, 3.05) is 32.7 Å². The third-order valence-corrected chi connectivity index (χ3v) is 5.72. The number of hydrogen-bond acceptors (Lipinski definition) is 3. The predicted molar refractivity (Wildman–Crippen MR) is 110 cm³/mol. The number of benzene rings is 1. The Kier molecular flexibility index (Phi) is 8.39. The number of carbonyl (C=O) groups excluding carboxylic acids is 2. The number of carbonyl (C=O) groups is 2. The van der Waals surface area contributed by atoms with Crippen LogP contribution < -0.4 is 5.32 Å². The molecule has 5 nitrogen and oxygen atoms in total. The van der Waals surface area contributed by atoms with E-state index in [4.69, 9.17) is 11.6 Å². The van der Waals surface area contributed by atoms with Crippen molar-refractivity contribution in [2.24, 2.45) is 5.92 Å². The van der Waals surface area contributed by atoms with E-state index in [9.17, 15) is 9.59 Å². The molecule has 27 heavy (non-hydrogen) atoms. The molecule has 0 spiro atoms. The molecule has 0 aliphatic carbocycles. The van der Waals surface area contributed by atoms with Crippen LogP contribution in [0.4, 0.5) is 0 Å². The van der Waals surface area contributed by atoms with Gasteiger partial charge in [0.05, 0.1) is 12.0 Å². The number of amides is 2. The molecule has 0 bridgehead atoms. The molecule has 1 aromatic rings. The maximum absolute atomic E-state index is 13.3. The van der Waals surface area contributed by atoms with Gasteiger partial charge in [-0.2, -0.15) is 0 Å². The van der Waals surface area contributed by atoms with E-state index in [0.717, 1.165) is 37.9 Å². The molecule has 2 unspecified atom stereocenters. The zero-order valence-corrected chi connectivity index (χ0v) is 17.4. The summed E-state index contributed by atoms with van der Waals surface area (Å²) in [7, 11) is 0. The minimum Gasteiger partial charge on any atom is -0.342 e. The van der Waals surface area contributed by atoms with Gasteiger partial charge in [0.1, 0.15) is 0 Å². The highest BCUT2D eigenvalue weighted by molar-refractivity contribution is 6.31. The maximum atomic E-state index is 13.3. The summed E-state index contributed by atoms with van der Waals surface area (Å²) in [6.45, 7) is 5.51. The highest BCUT2D eigenvalue weighted by Crippen LogP contribution is 2.31. The molecule has 1 N–H and O–H groups in total. The first kappa shape index (κ1) is 22.0. The van der Waals surface area contributed by atoms with Gasteiger partial charge in [-0.15, -0.1) is 12.4 Å². The lowest BCUT2D eigenvalue weighted by Crippen LogP contribution is -2.53. The lowest BCUT2D eigenvalue weighted by molar-refractivity contribution is -0.143. The summed E-state index contributed by atoms with van der Waals surface area (Å²) < 4.78 is 0. The standard InChI is InChI=1S/C20H28ClN3O2.ClH/c1-2-6-19(25)23-11-5-7-15(14-23)20(26)24-12-10-22-13-18(24)16-8-3-4-9-17(16)21;/h3-4,8-9,15,18,22H,2,5-7,10-14H2,1H3;1H. The summed E-state index contributed by atoms with van der Waals surface area (Å²) in [4.78, 5) is 29.4. The minimum absolute atomic E-state index is 0. The van der Waals surface area contributed by atoms with E-state index in [1.54, 1.807) is 0 Å². The van der Waals surface area contributed by atoms with Crippen molar-refractivity contribution in [1.29, 1.82) is 0 Å². The second-order valence-corrected chi connectivity index (χ2v) is 7.61.